The van der Waals surface area contributed by atoms with Gasteiger partial charge in [0, 0.05) is 35.9 Å². The van der Waals surface area contributed by atoms with Gasteiger partial charge in [0.15, 0.2) is 5.78 Å². The molecule has 5 heteroatoms. The van der Waals surface area contributed by atoms with Crippen LogP contribution in [-0.4, -0.2) is 30.2 Å². The molecule has 1 saturated heterocycles. The fraction of sp³-hybridized carbons (Fsp3) is 0.318. The number of para-hydroxylation sites is 1. The number of hydrogen-bond acceptors (Lipinski definition) is 3. The molecule has 0 radical (unpaired) electrons. The minimum Gasteiger partial charge on any atom is -0.312 e. The van der Waals surface area contributed by atoms with Crippen LogP contribution < -0.4 is 9.80 Å². The van der Waals surface area contributed by atoms with E-state index in [1.165, 1.54) is 12.5 Å². The lowest BCUT2D eigenvalue weighted by Crippen LogP contribution is -2.41. The zero-order valence-corrected chi connectivity index (χ0v) is 15.5. The Bertz CT molecular complexity index is 937. The first-order valence-corrected chi connectivity index (χ1v) is 9.28. The van der Waals surface area contributed by atoms with Crippen LogP contribution >= 0.6 is 0 Å². The van der Waals surface area contributed by atoms with Crippen LogP contribution in [0.4, 0.5) is 11.4 Å². The summed E-state index contributed by atoms with van der Waals surface area (Å²) in [5.41, 5.74) is 3.38. The molecular formula is C22H22N2O3. The van der Waals surface area contributed by atoms with E-state index in [1.807, 2.05) is 36.1 Å². The second kappa shape index (κ2) is 6.65. The summed E-state index contributed by atoms with van der Waals surface area (Å²) in [6, 6.07) is 15.1. The van der Waals surface area contributed by atoms with E-state index in [0.29, 0.717) is 17.8 Å². The van der Waals surface area contributed by atoms with Crippen molar-refractivity contribution in [1.82, 2.24) is 0 Å². The number of hydrogen-bond donors (Lipinski definition) is 0. The molecule has 2 atom stereocenters. The normalized spacial score (nSPS) is 21.5. The Morgan fingerprint density at radius 3 is 2.59 bits per heavy atom. The highest BCUT2D eigenvalue weighted by Crippen LogP contribution is 2.35. The standard InChI is InChI=1S/C22H22N2O3/c1-14-10-17-6-3-4-9-20(17)24(14)22(27)18-12-21(26)23(13-18)19-8-5-7-16(11-19)15(2)25/h3-9,11,14,18H,10,12-13H2,1-2H3. The first kappa shape index (κ1) is 17.5. The van der Waals surface area contributed by atoms with Gasteiger partial charge in [-0.2, -0.15) is 0 Å². The van der Waals surface area contributed by atoms with Gasteiger partial charge in [0.05, 0.1) is 5.92 Å². The molecule has 138 valence electrons. The number of nitrogens with zero attached hydrogens (tertiary/aromatic N) is 2. The third-order valence-electron chi connectivity index (χ3n) is 5.48. The van der Waals surface area contributed by atoms with Crippen molar-refractivity contribution in [3.63, 3.8) is 0 Å². The Hall–Kier alpha value is -2.95. The van der Waals surface area contributed by atoms with E-state index >= 15 is 0 Å². The highest BCUT2D eigenvalue weighted by atomic mass is 16.2. The third-order valence-corrected chi connectivity index (χ3v) is 5.48. The minimum atomic E-state index is -0.368. The van der Waals surface area contributed by atoms with Gasteiger partial charge in [-0.05, 0) is 44.0 Å². The van der Waals surface area contributed by atoms with Crippen molar-refractivity contribution < 1.29 is 14.4 Å². The van der Waals surface area contributed by atoms with Crippen molar-refractivity contribution in [2.45, 2.75) is 32.7 Å². The van der Waals surface area contributed by atoms with Gasteiger partial charge in [-0.15, -0.1) is 0 Å². The van der Waals surface area contributed by atoms with Gasteiger partial charge < -0.3 is 9.80 Å². The highest BCUT2D eigenvalue weighted by molar-refractivity contribution is 6.06. The number of amides is 2. The summed E-state index contributed by atoms with van der Waals surface area (Å²) in [5, 5.41) is 0. The number of Topliss-reactive ketones (excluding diaryl/α,β-unsaturated/α-hetero) is 1. The van der Waals surface area contributed by atoms with E-state index in [9.17, 15) is 14.4 Å². The lowest BCUT2D eigenvalue weighted by atomic mass is 10.1. The van der Waals surface area contributed by atoms with Crippen LogP contribution in [0.15, 0.2) is 48.5 Å². The Morgan fingerprint density at radius 1 is 1.04 bits per heavy atom. The Labute approximate surface area is 158 Å². The lowest BCUT2D eigenvalue weighted by Gasteiger charge is -2.26. The monoisotopic (exact) mass is 362 g/mol. The first-order chi connectivity index (χ1) is 13.0. The van der Waals surface area contributed by atoms with E-state index in [2.05, 4.69) is 6.07 Å². The van der Waals surface area contributed by atoms with Gasteiger partial charge >= 0.3 is 0 Å². The average Bonchev–Trinajstić information content (AvgIpc) is 3.20. The Kier molecular flexibility index (Phi) is 4.30. The van der Waals surface area contributed by atoms with E-state index in [0.717, 1.165) is 12.1 Å². The average molecular weight is 362 g/mol. The van der Waals surface area contributed by atoms with Gasteiger partial charge in [-0.1, -0.05) is 30.3 Å². The second-order valence-electron chi connectivity index (χ2n) is 7.40. The SMILES string of the molecule is CC(=O)c1cccc(N2CC(C(=O)N3c4ccccc4CC3C)CC2=O)c1. The molecule has 0 aromatic heterocycles. The van der Waals surface area contributed by atoms with Crippen molar-refractivity contribution >= 4 is 29.0 Å². The van der Waals surface area contributed by atoms with Crippen LogP contribution in [0.3, 0.4) is 0 Å². The van der Waals surface area contributed by atoms with Crippen LogP contribution in [0.1, 0.15) is 36.2 Å². The Balaban J connectivity index is 1.57. The maximum atomic E-state index is 13.2. The van der Waals surface area contributed by atoms with Gasteiger partial charge in [-0.25, -0.2) is 0 Å². The number of rotatable bonds is 3. The summed E-state index contributed by atoms with van der Waals surface area (Å²) in [7, 11) is 0. The summed E-state index contributed by atoms with van der Waals surface area (Å²) in [6.07, 6.45) is 1.04. The maximum absolute atomic E-state index is 13.2. The predicted octanol–water partition coefficient (Wildman–Crippen LogP) is 3.22. The summed E-state index contributed by atoms with van der Waals surface area (Å²) in [4.78, 5) is 40.9. The minimum absolute atomic E-state index is 0.00558. The summed E-state index contributed by atoms with van der Waals surface area (Å²) >= 11 is 0. The van der Waals surface area contributed by atoms with Crippen molar-refractivity contribution in [2.75, 3.05) is 16.3 Å². The predicted molar refractivity (Wildman–Crippen MR) is 104 cm³/mol. The van der Waals surface area contributed by atoms with Gasteiger partial charge in [0.2, 0.25) is 11.8 Å². The largest absolute Gasteiger partial charge is 0.312 e. The molecule has 0 saturated carbocycles. The zero-order valence-electron chi connectivity index (χ0n) is 15.5. The molecule has 2 aromatic carbocycles. The smallest absolute Gasteiger partial charge is 0.232 e. The van der Waals surface area contributed by atoms with Crippen molar-refractivity contribution in [2.24, 2.45) is 5.92 Å². The zero-order chi connectivity index (χ0) is 19.1. The first-order valence-electron chi connectivity index (χ1n) is 9.28. The van der Waals surface area contributed by atoms with Crippen molar-refractivity contribution in [3.8, 4) is 0 Å². The van der Waals surface area contributed by atoms with Crippen LogP contribution in [0.2, 0.25) is 0 Å². The maximum Gasteiger partial charge on any atom is 0.232 e. The summed E-state index contributed by atoms with van der Waals surface area (Å²) in [5.74, 6) is -0.481. The molecule has 0 aliphatic carbocycles. The van der Waals surface area contributed by atoms with E-state index < -0.39 is 0 Å². The van der Waals surface area contributed by atoms with Crippen molar-refractivity contribution in [1.29, 1.82) is 0 Å². The van der Waals surface area contributed by atoms with Gasteiger partial charge in [-0.3, -0.25) is 14.4 Å². The molecule has 27 heavy (non-hydrogen) atoms. The van der Waals surface area contributed by atoms with Crippen LogP contribution in [0.25, 0.3) is 0 Å². The highest BCUT2D eigenvalue weighted by Gasteiger charge is 2.41. The van der Waals surface area contributed by atoms with E-state index in [1.54, 1.807) is 23.1 Å². The summed E-state index contributed by atoms with van der Waals surface area (Å²) < 4.78 is 0. The second-order valence-corrected chi connectivity index (χ2v) is 7.40. The number of benzene rings is 2. The number of ketones is 1. The van der Waals surface area contributed by atoms with Gasteiger partial charge in [0.25, 0.3) is 0 Å². The molecule has 2 aromatic rings. The molecule has 0 N–H and O–H groups in total. The number of carbonyl (C=O) groups excluding carboxylic acids is 3. The Morgan fingerprint density at radius 2 is 1.81 bits per heavy atom. The quantitative estimate of drug-likeness (QED) is 0.788. The molecule has 5 nitrogen and oxygen atoms in total. The van der Waals surface area contributed by atoms with Crippen LogP contribution in [0.5, 0.6) is 0 Å². The molecule has 0 bridgehead atoms. The topological polar surface area (TPSA) is 57.7 Å². The van der Waals surface area contributed by atoms with Crippen LogP contribution in [-0.2, 0) is 16.0 Å². The van der Waals surface area contributed by atoms with Crippen molar-refractivity contribution in [3.05, 3.63) is 59.7 Å². The fourth-order valence-corrected chi connectivity index (χ4v) is 4.11. The van der Waals surface area contributed by atoms with E-state index in [-0.39, 0.29) is 36.0 Å². The molecule has 4 rings (SSSR count). The fourth-order valence-electron chi connectivity index (χ4n) is 4.11. The van der Waals surface area contributed by atoms with Crippen LogP contribution in [0, 0.1) is 5.92 Å². The molecule has 2 amide bonds. The molecular weight excluding hydrogens is 340 g/mol. The third kappa shape index (κ3) is 3.03. The van der Waals surface area contributed by atoms with E-state index in [4.69, 9.17) is 0 Å². The molecule has 2 aliphatic heterocycles. The molecule has 1 fully saturated rings. The molecule has 2 aliphatic rings. The number of fused-ring (bicyclic) bond motifs is 1. The molecule has 2 unspecified atom stereocenters. The number of carbonyl (C=O) groups is 3. The molecule has 0 spiro atoms. The number of anilines is 2. The summed E-state index contributed by atoms with van der Waals surface area (Å²) in [6.45, 7) is 3.90. The van der Waals surface area contributed by atoms with Gasteiger partial charge in [0.1, 0.15) is 0 Å². The lowest BCUT2D eigenvalue weighted by molar-refractivity contribution is -0.124. The molecule has 2 heterocycles.